The number of rotatable bonds is 5. The second-order valence-electron chi connectivity index (χ2n) is 6.08. The first-order chi connectivity index (χ1) is 12.3. The summed E-state index contributed by atoms with van der Waals surface area (Å²) in [5.74, 6) is -0.243. The van der Waals surface area contributed by atoms with E-state index in [1.165, 1.54) is 0 Å². The lowest BCUT2D eigenvalue weighted by molar-refractivity contribution is -0.136. The smallest absolute Gasteiger partial charge is 0.313 e. The summed E-state index contributed by atoms with van der Waals surface area (Å²) >= 11 is 0. The molecule has 1 unspecified atom stereocenters. The van der Waals surface area contributed by atoms with Crippen LogP contribution in [0.15, 0.2) is 36.4 Å². The normalized spacial score (nSPS) is 11.4. The van der Waals surface area contributed by atoms with Crippen LogP contribution in [0.25, 0.3) is 0 Å². The summed E-state index contributed by atoms with van der Waals surface area (Å²) in [5, 5.41) is 5.34. The molecule has 0 saturated heterocycles. The highest BCUT2D eigenvalue weighted by Gasteiger charge is 2.19. The Hall–Kier alpha value is -3.02. The molecule has 0 heterocycles. The largest absolute Gasteiger partial charge is 0.493 e. The molecule has 2 aromatic rings. The maximum atomic E-state index is 12.2. The molecule has 2 N–H and O–H groups in total. The van der Waals surface area contributed by atoms with Crippen molar-refractivity contribution in [1.29, 1.82) is 0 Å². The van der Waals surface area contributed by atoms with Crippen molar-refractivity contribution in [3.63, 3.8) is 0 Å². The maximum Gasteiger partial charge on any atom is 0.313 e. The number of hydrogen-bond acceptors (Lipinski definition) is 4. The van der Waals surface area contributed by atoms with Gasteiger partial charge in [-0.1, -0.05) is 18.2 Å². The van der Waals surface area contributed by atoms with Crippen LogP contribution in [0.4, 0.5) is 5.69 Å². The standard InChI is InChI=1S/C20H24N2O4/c1-12-6-7-13(2)16(10-12)22-20(24)19(23)21-14(3)15-8-9-17(25-4)18(11-15)26-5/h6-11,14H,1-5H3,(H,21,23)(H,22,24). The second-order valence-corrected chi connectivity index (χ2v) is 6.08. The van der Waals surface area contributed by atoms with Crippen molar-refractivity contribution in [2.75, 3.05) is 19.5 Å². The van der Waals surface area contributed by atoms with Crippen LogP contribution in [0, 0.1) is 13.8 Å². The average Bonchev–Trinajstić information content (AvgIpc) is 2.63. The minimum Gasteiger partial charge on any atom is -0.493 e. The monoisotopic (exact) mass is 356 g/mol. The van der Waals surface area contributed by atoms with Gasteiger partial charge in [-0.25, -0.2) is 0 Å². The molecule has 2 rings (SSSR count). The highest BCUT2D eigenvalue weighted by molar-refractivity contribution is 6.39. The van der Waals surface area contributed by atoms with Gasteiger partial charge in [-0.05, 0) is 55.7 Å². The van der Waals surface area contributed by atoms with Crippen LogP contribution in [0.3, 0.4) is 0 Å². The van der Waals surface area contributed by atoms with Crippen LogP contribution >= 0.6 is 0 Å². The fraction of sp³-hybridized carbons (Fsp3) is 0.300. The SMILES string of the molecule is COc1ccc(C(C)NC(=O)C(=O)Nc2cc(C)ccc2C)cc1OC. The predicted octanol–water partition coefficient (Wildman–Crippen LogP) is 3.14. The third-order valence-corrected chi connectivity index (χ3v) is 4.10. The number of anilines is 1. The zero-order valence-electron chi connectivity index (χ0n) is 15.7. The third-order valence-electron chi connectivity index (χ3n) is 4.10. The van der Waals surface area contributed by atoms with E-state index in [1.807, 2.05) is 38.1 Å². The molecule has 26 heavy (non-hydrogen) atoms. The lowest BCUT2D eigenvalue weighted by Crippen LogP contribution is -2.37. The van der Waals surface area contributed by atoms with Gasteiger partial charge in [0.1, 0.15) is 0 Å². The van der Waals surface area contributed by atoms with Gasteiger partial charge in [0.25, 0.3) is 0 Å². The number of carbonyl (C=O) groups is 2. The summed E-state index contributed by atoms with van der Waals surface area (Å²) in [6.45, 7) is 5.60. The fourth-order valence-electron chi connectivity index (χ4n) is 2.52. The van der Waals surface area contributed by atoms with Gasteiger partial charge in [-0.3, -0.25) is 9.59 Å². The van der Waals surface area contributed by atoms with Crippen molar-refractivity contribution in [3.05, 3.63) is 53.1 Å². The number of hydrogen-bond donors (Lipinski definition) is 2. The molecule has 0 aliphatic heterocycles. The highest BCUT2D eigenvalue weighted by atomic mass is 16.5. The first-order valence-electron chi connectivity index (χ1n) is 8.26. The Morgan fingerprint density at radius 3 is 2.27 bits per heavy atom. The van der Waals surface area contributed by atoms with E-state index < -0.39 is 11.8 Å². The van der Waals surface area contributed by atoms with Crippen LogP contribution in [0.1, 0.15) is 29.7 Å². The van der Waals surface area contributed by atoms with Crippen LogP contribution < -0.4 is 20.1 Å². The second kappa shape index (κ2) is 8.38. The number of nitrogens with one attached hydrogen (secondary N) is 2. The molecule has 2 aromatic carbocycles. The summed E-state index contributed by atoms with van der Waals surface area (Å²) in [7, 11) is 3.10. The van der Waals surface area contributed by atoms with E-state index in [-0.39, 0.29) is 6.04 Å². The summed E-state index contributed by atoms with van der Waals surface area (Å²) in [5.41, 5.74) is 3.33. The van der Waals surface area contributed by atoms with E-state index in [0.29, 0.717) is 17.2 Å². The Balaban J connectivity index is 2.06. The topological polar surface area (TPSA) is 76.7 Å². The Morgan fingerprint density at radius 1 is 0.923 bits per heavy atom. The van der Waals surface area contributed by atoms with Gasteiger partial charge in [-0.2, -0.15) is 0 Å². The lowest BCUT2D eigenvalue weighted by Gasteiger charge is -2.16. The van der Waals surface area contributed by atoms with Crippen molar-refractivity contribution in [2.45, 2.75) is 26.8 Å². The van der Waals surface area contributed by atoms with Crippen LogP contribution in [-0.2, 0) is 9.59 Å². The molecule has 6 heteroatoms. The molecule has 0 spiro atoms. The molecule has 0 aliphatic carbocycles. The van der Waals surface area contributed by atoms with E-state index in [9.17, 15) is 9.59 Å². The molecular formula is C20H24N2O4. The minimum atomic E-state index is -0.703. The van der Waals surface area contributed by atoms with Gasteiger partial charge in [0.05, 0.1) is 20.3 Å². The number of methoxy groups -OCH3 is 2. The van der Waals surface area contributed by atoms with Crippen LogP contribution in [0.2, 0.25) is 0 Å². The lowest BCUT2D eigenvalue weighted by atomic mass is 10.1. The van der Waals surface area contributed by atoms with E-state index in [2.05, 4.69) is 10.6 Å². The van der Waals surface area contributed by atoms with Crippen molar-refractivity contribution in [3.8, 4) is 11.5 Å². The number of ether oxygens (including phenoxy) is 2. The fourth-order valence-corrected chi connectivity index (χ4v) is 2.52. The van der Waals surface area contributed by atoms with E-state index in [1.54, 1.807) is 33.3 Å². The Morgan fingerprint density at radius 2 is 1.62 bits per heavy atom. The first kappa shape index (κ1) is 19.3. The van der Waals surface area contributed by atoms with Gasteiger partial charge in [0.2, 0.25) is 0 Å². The molecule has 0 bridgehead atoms. The molecule has 0 aromatic heterocycles. The number of amides is 2. The van der Waals surface area contributed by atoms with Gasteiger partial charge >= 0.3 is 11.8 Å². The predicted molar refractivity (Wildman–Crippen MR) is 101 cm³/mol. The van der Waals surface area contributed by atoms with Gasteiger partial charge in [-0.15, -0.1) is 0 Å². The molecule has 2 amide bonds. The molecular weight excluding hydrogens is 332 g/mol. The molecule has 0 aliphatic rings. The first-order valence-corrected chi connectivity index (χ1v) is 8.26. The number of benzene rings is 2. The van der Waals surface area contributed by atoms with Crippen LogP contribution in [0.5, 0.6) is 11.5 Å². The summed E-state index contributed by atoms with van der Waals surface area (Å²) in [4.78, 5) is 24.4. The number of carbonyl (C=O) groups excluding carboxylic acids is 2. The Labute approximate surface area is 153 Å². The van der Waals surface area contributed by atoms with E-state index in [4.69, 9.17) is 9.47 Å². The Kier molecular flexibility index (Phi) is 6.22. The third kappa shape index (κ3) is 4.53. The average molecular weight is 356 g/mol. The van der Waals surface area contributed by atoms with Gasteiger partial charge in [0, 0.05) is 5.69 Å². The molecule has 0 fully saturated rings. The van der Waals surface area contributed by atoms with E-state index >= 15 is 0 Å². The van der Waals surface area contributed by atoms with Crippen LogP contribution in [-0.4, -0.2) is 26.0 Å². The van der Waals surface area contributed by atoms with Gasteiger partial charge in [0.15, 0.2) is 11.5 Å². The highest BCUT2D eigenvalue weighted by Crippen LogP contribution is 2.29. The molecule has 0 radical (unpaired) electrons. The quantitative estimate of drug-likeness (QED) is 0.807. The molecule has 1 atom stereocenters. The molecule has 0 saturated carbocycles. The van der Waals surface area contributed by atoms with Crippen molar-refractivity contribution in [2.24, 2.45) is 0 Å². The zero-order chi connectivity index (χ0) is 19.3. The molecule has 6 nitrogen and oxygen atoms in total. The summed E-state index contributed by atoms with van der Waals surface area (Å²) in [6.07, 6.45) is 0. The van der Waals surface area contributed by atoms with Crippen molar-refractivity contribution >= 4 is 17.5 Å². The van der Waals surface area contributed by atoms with Gasteiger partial charge < -0.3 is 20.1 Å². The summed E-state index contributed by atoms with van der Waals surface area (Å²) in [6, 6.07) is 10.7. The van der Waals surface area contributed by atoms with Crippen molar-refractivity contribution < 1.29 is 19.1 Å². The maximum absolute atomic E-state index is 12.2. The Bertz CT molecular complexity index is 817. The van der Waals surface area contributed by atoms with E-state index in [0.717, 1.165) is 16.7 Å². The van der Waals surface area contributed by atoms with Crippen molar-refractivity contribution in [1.82, 2.24) is 5.32 Å². The zero-order valence-corrected chi connectivity index (χ0v) is 15.7. The minimum absolute atomic E-state index is 0.369. The molecule has 138 valence electrons. The number of aryl methyl sites for hydroxylation is 2. The summed E-state index contributed by atoms with van der Waals surface area (Å²) < 4.78 is 10.5.